The number of nitrogens with one attached hydrogen (secondary N) is 1. The lowest BCUT2D eigenvalue weighted by molar-refractivity contribution is -0.142. The summed E-state index contributed by atoms with van der Waals surface area (Å²) in [6, 6.07) is 7.66. The molecular weight excluding hydrogens is 330 g/mol. The summed E-state index contributed by atoms with van der Waals surface area (Å²) in [6.07, 6.45) is 5.07. The van der Waals surface area contributed by atoms with Crippen LogP contribution in [0.5, 0.6) is 5.75 Å². The van der Waals surface area contributed by atoms with E-state index >= 15 is 0 Å². The topological polar surface area (TPSA) is 63.2 Å². The van der Waals surface area contributed by atoms with Crippen molar-refractivity contribution in [2.24, 2.45) is 5.16 Å². The molecule has 1 aromatic rings. The number of para-hydroxylation sites is 1. The fourth-order valence-corrected chi connectivity index (χ4v) is 3.94. The fourth-order valence-electron chi connectivity index (χ4n) is 3.94. The molecule has 1 aromatic carbocycles. The maximum Gasteiger partial charge on any atom is 0.267 e. The summed E-state index contributed by atoms with van der Waals surface area (Å²) in [4.78, 5) is 20.7. The van der Waals surface area contributed by atoms with Crippen molar-refractivity contribution in [1.82, 2.24) is 10.2 Å². The summed E-state index contributed by atoms with van der Waals surface area (Å²) >= 11 is 0. The van der Waals surface area contributed by atoms with Gasteiger partial charge in [0.05, 0.1) is 12.8 Å². The molecule has 3 rings (SSSR count). The third-order valence-electron chi connectivity index (χ3n) is 5.82. The van der Waals surface area contributed by atoms with E-state index < -0.39 is 5.60 Å². The number of amides is 1. The summed E-state index contributed by atoms with van der Waals surface area (Å²) in [5.74, 6) is 0.622. The van der Waals surface area contributed by atoms with Crippen LogP contribution in [-0.4, -0.2) is 55.4 Å². The minimum Gasteiger partial charge on any atom is -0.496 e. The number of carbonyl (C=O) groups excluding carboxylic acids is 1. The Labute approximate surface area is 155 Å². The largest absolute Gasteiger partial charge is 0.496 e. The Hall–Kier alpha value is -2.08. The molecule has 1 amide bonds. The molecule has 6 heteroatoms. The average Bonchev–Trinajstić information content (AvgIpc) is 3.28. The van der Waals surface area contributed by atoms with Crippen LogP contribution in [0.25, 0.3) is 0 Å². The van der Waals surface area contributed by atoms with Gasteiger partial charge in [0.2, 0.25) is 5.60 Å². The summed E-state index contributed by atoms with van der Waals surface area (Å²) in [5, 5.41) is 7.31. The summed E-state index contributed by atoms with van der Waals surface area (Å²) < 4.78 is 5.40. The molecule has 1 aliphatic heterocycles. The highest BCUT2D eigenvalue weighted by atomic mass is 16.7. The van der Waals surface area contributed by atoms with Gasteiger partial charge in [-0.05, 0) is 46.0 Å². The van der Waals surface area contributed by atoms with Crippen LogP contribution in [0, 0.1) is 0 Å². The van der Waals surface area contributed by atoms with Crippen molar-refractivity contribution in [1.29, 1.82) is 0 Å². The van der Waals surface area contributed by atoms with E-state index in [-0.39, 0.29) is 11.4 Å². The standard InChI is InChI=1S/C20H29N3O3/c1-19(18(24)21-14-20(23(2)3)11-7-8-12-20)13-16(22-26-19)15-9-5-6-10-17(15)25-4/h5-6,9-10H,7-8,11-14H2,1-4H3,(H,21,24)/t19-/m1/s1. The summed E-state index contributed by atoms with van der Waals surface area (Å²) in [6.45, 7) is 2.44. The van der Waals surface area contributed by atoms with Crippen molar-refractivity contribution < 1.29 is 14.4 Å². The van der Waals surface area contributed by atoms with Crippen molar-refractivity contribution in [3.8, 4) is 5.75 Å². The van der Waals surface area contributed by atoms with Crippen molar-refractivity contribution in [3.63, 3.8) is 0 Å². The Morgan fingerprint density at radius 1 is 1.31 bits per heavy atom. The third kappa shape index (κ3) is 3.43. The maximum atomic E-state index is 12.9. The van der Waals surface area contributed by atoms with Crippen LogP contribution in [0.4, 0.5) is 0 Å². The lowest BCUT2D eigenvalue weighted by Crippen LogP contribution is -2.54. The molecule has 6 nitrogen and oxygen atoms in total. The van der Waals surface area contributed by atoms with Crippen LogP contribution in [0.15, 0.2) is 29.4 Å². The zero-order valence-corrected chi connectivity index (χ0v) is 16.2. The second-order valence-electron chi connectivity index (χ2n) is 7.75. The monoisotopic (exact) mass is 359 g/mol. The number of rotatable bonds is 6. The molecule has 0 radical (unpaired) electrons. The van der Waals surface area contributed by atoms with Gasteiger partial charge in [-0.15, -0.1) is 0 Å². The number of methoxy groups -OCH3 is 1. The van der Waals surface area contributed by atoms with Crippen LogP contribution in [0.1, 0.15) is 44.6 Å². The van der Waals surface area contributed by atoms with Gasteiger partial charge in [-0.3, -0.25) is 4.79 Å². The van der Waals surface area contributed by atoms with E-state index in [9.17, 15) is 4.79 Å². The molecule has 2 aliphatic rings. The number of nitrogens with zero attached hydrogens (tertiary/aromatic N) is 2. The Balaban J connectivity index is 1.66. The summed E-state index contributed by atoms with van der Waals surface area (Å²) in [7, 11) is 5.81. The highest BCUT2D eigenvalue weighted by molar-refractivity contribution is 6.07. The SMILES string of the molecule is COc1ccccc1C1=NO[C@@](C)(C(=O)NCC2(N(C)C)CCCC2)C1. The number of likely N-dealkylation sites (N-methyl/N-ethyl adjacent to an activating group) is 1. The van der Waals surface area contributed by atoms with Crippen LogP contribution >= 0.6 is 0 Å². The number of carbonyl (C=O) groups is 1. The highest BCUT2D eigenvalue weighted by Gasteiger charge is 2.44. The second kappa shape index (κ2) is 7.27. The Bertz CT molecular complexity index is 695. The van der Waals surface area contributed by atoms with E-state index in [4.69, 9.17) is 9.57 Å². The molecule has 1 heterocycles. The number of hydrogen-bond acceptors (Lipinski definition) is 5. The van der Waals surface area contributed by atoms with Crippen LogP contribution in [0.2, 0.25) is 0 Å². The third-order valence-corrected chi connectivity index (χ3v) is 5.82. The predicted octanol–water partition coefficient (Wildman–Crippen LogP) is 2.57. The van der Waals surface area contributed by atoms with Gasteiger partial charge in [-0.2, -0.15) is 0 Å². The van der Waals surface area contributed by atoms with Gasteiger partial charge in [0.25, 0.3) is 5.91 Å². The smallest absolute Gasteiger partial charge is 0.267 e. The Kier molecular flexibility index (Phi) is 5.23. The van der Waals surface area contributed by atoms with Crippen molar-refractivity contribution in [2.75, 3.05) is 27.7 Å². The van der Waals surface area contributed by atoms with E-state index in [0.717, 1.165) is 29.9 Å². The van der Waals surface area contributed by atoms with E-state index in [2.05, 4.69) is 29.5 Å². The molecule has 0 saturated heterocycles. The molecule has 1 N–H and O–H groups in total. The van der Waals surface area contributed by atoms with E-state index in [1.165, 1.54) is 12.8 Å². The highest BCUT2D eigenvalue weighted by Crippen LogP contribution is 2.34. The van der Waals surface area contributed by atoms with Crippen LogP contribution in [0.3, 0.4) is 0 Å². The van der Waals surface area contributed by atoms with Gasteiger partial charge in [0.1, 0.15) is 5.75 Å². The maximum absolute atomic E-state index is 12.9. The zero-order chi connectivity index (χ0) is 18.8. The van der Waals surface area contributed by atoms with Gasteiger partial charge in [0.15, 0.2) is 0 Å². The van der Waals surface area contributed by atoms with Gasteiger partial charge >= 0.3 is 0 Å². The van der Waals surface area contributed by atoms with Crippen molar-refractivity contribution in [2.45, 2.75) is 50.2 Å². The Morgan fingerprint density at radius 3 is 2.65 bits per heavy atom. The fraction of sp³-hybridized carbons (Fsp3) is 0.600. The van der Waals surface area contributed by atoms with Gasteiger partial charge in [-0.25, -0.2) is 0 Å². The normalized spacial score (nSPS) is 24.3. The lowest BCUT2D eigenvalue weighted by Gasteiger charge is -2.37. The van der Waals surface area contributed by atoms with E-state index in [1.807, 2.05) is 24.3 Å². The number of oxime groups is 1. The lowest BCUT2D eigenvalue weighted by atomic mass is 9.92. The average molecular weight is 359 g/mol. The van der Waals surface area contributed by atoms with E-state index in [1.54, 1.807) is 14.0 Å². The van der Waals surface area contributed by atoms with Crippen molar-refractivity contribution in [3.05, 3.63) is 29.8 Å². The first kappa shape index (κ1) is 18.7. The molecule has 1 atom stereocenters. The molecule has 0 aromatic heterocycles. The number of hydrogen-bond donors (Lipinski definition) is 1. The summed E-state index contributed by atoms with van der Waals surface area (Å²) in [5.41, 5.74) is 0.676. The molecule has 142 valence electrons. The minimum absolute atomic E-state index is 0.0525. The van der Waals surface area contributed by atoms with Gasteiger partial charge in [-0.1, -0.05) is 30.1 Å². The first-order valence-electron chi connectivity index (χ1n) is 9.24. The quantitative estimate of drug-likeness (QED) is 0.848. The second-order valence-corrected chi connectivity index (χ2v) is 7.75. The van der Waals surface area contributed by atoms with Crippen molar-refractivity contribution >= 4 is 11.6 Å². The molecule has 26 heavy (non-hydrogen) atoms. The minimum atomic E-state index is -0.984. The molecule has 1 fully saturated rings. The molecular formula is C20H29N3O3. The first-order chi connectivity index (χ1) is 12.4. The molecule has 0 bridgehead atoms. The van der Waals surface area contributed by atoms with Gasteiger partial charge < -0.3 is 19.8 Å². The van der Waals surface area contributed by atoms with E-state index in [0.29, 0.717) is 13.0 Å². The molecule has 0 spiro atoms. The van der Waals surface area contributed by atoms with Crippen LogP contribution in [-0.2, 0) is 9.63 Å². The molecule has 1 saturated carbocycles. The molecule has 1 aliphatic carbocycles. The Morgan fingerprint density at radius 2 is 2.00 bits per heavy atom. The van der Waals surface area contributed by atoms with Gasteiger partial charge in [0, 0.05) is 24.1 Å². The number of benzene rings is 1. The predicted molar refractivity (Wildman–Crippen MR) is 102 cm³/mol. The van der Waals surface area contributed by atoms with Crippen LogP contribution < -0.4 is 10.1 Å². The molecule has 0 unspecified atom stereocenters. The first-order valence-corrected chi connectivity index (χ1v) is 9.24. The number of ether oxygens (including phenoxy) is 1. The zero-order valence-electron chi connectivity index (χ0n) is 16.2.